The second-order valence-electron chi connectivity index (χ2n) is 10.8. The number of pyridine rings is 1. The van der Waals surface area contributed by atoms with Crippen molar-refractivity contribution in [3.05, 3.63) is 58.4 Å². The van der Waals surface area contributed by atoms with Crippen LogP contribution in [0.2, 0.25) is 5.15 Å². The minimum Gasteiger partial charge on any atom is -0.496 e. The summed E-state index contributed by atoms with van der Waals surface area (Å²) < 4.78 is 18.6. The third-order valence-corrected chi connectivity index (χ3v) is 8.80. The predicted molar refractivity (Wildman–Crippen MR) is 134 cm³/mol. The largest absolute Gasteiger partial charge is 0.496 e. The van der Waals surface area contributed by atoms with E-state index in [0.29, 0.717) is 28.1 Å². The molecule has 36 heavy (non-hydrogen) atoms. The van der Waals surface area contributed by atoms with Crippen LogP contribution >= 0.6 is 11.6 Å². The van der Waals surface area contributed by atoms with Crippen molar-refractivity contribution in [2.75, 3.05) is 7.11 Å². The smallest absolute Gasteiger partial charge is 0.482 e. The number of rotatable bonds is 7. The highest BCUT2D eigenvalue weighted by atomic mass is 35.5. The molecule has 2 aromatic rings. The summed E-state index contributed by atoms with van der Waals surface area (Å²) in [6.45, 7) is 6.70. The molecule has 3 saturated carbocycles. The van der Waals surface area contributed by atoms with E-state index in [-0.39, 0.29) is 35.2 Å². The Bertz CT molecular complexity index is 1190. The molecule has 8 nitrogen and oxygen atoms in total. The molecule has 1 saturated heterocycles. The van der Waals surface area contributed by atoms with E-state index in [1.165, 1.54) is 19.4 Å². The molecule has 10 heteroatoms. The molecule has 0 radical (unpaired) electrons. The molecule has 6 rings (SSSR count). The van der Waals surface area contributed by atoms with Crippen molar-refractivity contribution in [1.82, 2.24) is 10.3 Å². The van der Waals surface area contributed by atoms with Crippen molar-refractivity contribution >= 4 is 30.6 Å². The number of hydrogen-bond donors (Lipinski definition) is 2. The van der Waals surface area contributed by atoms with Gasteiger partial charge in [0.2, 0.25) is 0 Å². The monoisotopic (exact) mass is 512 g/mol. The van der Waals surface area contributed by atoms with Gasteiger partial charge in [0.1, 0.15) is 16.5 Å². The Hall–Kier alpha value is -2.62. The van der Waals surface area contributed by atoms with E-state index in [9.17, 15) is 14.7 Å². The van der Waals surface area contributed by atoms with Gasteiger partial charge in [-0.2, -0.15) is 0 Å². The number of aromatic carboxylic acids is 1. The van der Waals surface area contributed by atoms with Gasteiger partial charge in [0.15, 0.2) is 0 Å². The lowest BCUT2D eigenvalue weighted by Gasteiger charge is -2.64. The highest BCUT2D eigenvalue weighted by Gasteiger charge is 2.68. The molecular weight excluding hydrogens is 483 g/mol. The molecule has 1 aromatic carbocycles. The molecule has 4 aliphatic rings. The SMILES string of the molecule is COc1c(CC(NC(=O)c2ccc(Cl)nc2)B2OC3CC4CC(C4(C)C)C3(C)O2)cccc1C(=O)O. The van der Waals surface area contributed by atoms with E-state index in [0.717, 1.165) is 12.8 Å². The number of carboxylic acids is 1. The fourth-order valence-electron chi connectivity index (χ4n) is 6.44. The summed E-state index contributed by atoms with van der Waals surface area (Å²) in [4.78, 5) is 29.0. The van der Waals surface area contributed by atoms with Gasteiger partial charge in [-0.1, -0.05) is 37.6 Å². The summed E-state index contributed by atoms with van der Waals surface area (Å²) in [7, 11) is 0.726. The number of aromatic nitrogens is 1. The number of para-hydroxylation sites is 1. The number of benzene rings is 1. The average molecular weight is 513 g/mol. The third kappa shape index (κ3) is 4.07. The Morgan fingerprint density at radius 1 is 1.28 bits per heavy atom. The van der Waals surface area contributed by atoms with Crippen molar-refractivity contribution in [3.8, 4) is 5.75 Å². The number of nitrogens with zero attached hydrogens (tertiary/aromatic N) is 1. The lowest BCUT2D eigenvalue weighted by molar-refractivity contribution is -0.199. The van der Waals surface area contributed by atoms with Crippen LogP contribution in [0.3, 0.4) is 0 Å². The molecule has 0 spiro atoms. The maximum atomic E-state index is 13.2. The number of hydrogen-bond acceptors (Lipinski definition) is 6. The topological polar surface area (TPSA) is 107 Å². The first-order valence-corrected chi connectivity index (χ1v) is 12.6. The van der Waals surface area contributed by atoms with Gasteiger partial charge >= 0.3 is 13.1 Å². The number of ether oxygens (including phenoxy) is 1. The van der Waals surface area contributed by atoms with Crippen molar-refractivity contribution in [3.63, 3.8) is 0 Å². The maximum Gasteiger partial charge on any atom is 0.482 e. The van der Waals surface area contributed by atoms with Crippen molar-refractivity contribution in [2.24, 2.45) is 17.3 Å². The summed E-state index contributed by atoms with van der Waals surface area (Å²) in [5.41, 5.74) is 0.754. The van der Waals surface area contributed by atoms with Gasteiger partial charge in [0, 0.05) is 6.20 Å². The van der Waals surface area contributed by atoms with E-state index >= 15 is 0 Å². The fourth-order valence-corrected chi connectivity index (χ4v) is 6.55. The predicted octanol–water partition coefficient (Wildman–Crippen LogP) is 4.05. The maximum absolute atomic E-state index is 13.2. The summed E-state index contributed by atoms with van der Waals surface area (Å²) >= 11 is 5.89. The number of amides is 1. The molecule has 1 aromatic heterocycles. The Balaban J connectivity index is 1.45. The molecule has 2 N–H and O–H groups in total. The number of methoxy groups -OCH3 is 1. The van der Waals surface area contributed by atoms with Crippen LogP contribution in [0.5, 0.6) is 5.75 Å². The van der Waals surface area contributed by atoms with Crippen LogP contribution in [0, 0.1) is 17.3 Å². The number of carboxylic acid groups (broad SMARTS) is 1. The van der Waals surface area contributed by atoms with Gasteiger partial charge in [-0.25, -0.2) is 9.78 Å². The molecule has 4 fully saturated rings. The Morgan fingerprint density at radius 3 is 2.69 bits per heavy atom. The standard InChI is InChI=1S/C26H30BClN2O6/c1-25(2)16-11-18(25)26(3)19(12-16)35-27(36-26)20(30-23(31)15-8-9-21(28)29-13-15)10-14-6-5-7-17(24(32)33)22(14)34-4/h5-9,13,16,18-20H,10-12H2,1-4H3,(H,30,31)(H,32,33). The minimum absolute atomic E-state index is 0.0541. The van der Waals surface area contributed by atoms with E-state index < -0.39 is 24.6 Å². The summed E-state index contributed by atoms with van der Waals surface area (Å²) in [6, 6.07) is 8.10. The highest BCUT2D eigenvalue weighted by Crippen LogP contribution is 2.65. The molecule has 1 aliphatic heterocycles. The van der Waals surface area contributed by atoms with Crippen LogP contribution in [0.1, 0.15) is 59.9 Å². The number of carbonyl (C=O) groups is 2. The van der Waals surface area contributed by atoms with E-state index in [4.69, 9.17) is 25.6 Å². The first-order valence-electron chi connectivity index (χ1n) is 12.2. The number of nitrogens with one attached hydrogen (secondary N) is 1. The van der Waals surface area contributed by atoms with Gasteiger partial charge in [-0.15, -0.1) is 0 Å². The van der Waals surface area contributed by atoms with Crippen LogP contribution in [0.4, 0.5) is 0 Å². The molecule has 5 atom stereocenters. The van der Waals surface area contributed by atoms with E-state index in [2.05, 4.69) is 31.1 Å². The Morgan fingerprint density at radius 2 is 2.06 bits per heavy atom. The summed E-state index contributed by atoms with van der Waals surface area (Å²) in [5.74, 6) is -0.843. The fraction of sp³-hybridized carbons (Fsp3) is 0.500. The molecule has 5 unspecified atom stereocenters. The van der Waals surface area contributed by atoms with Gasteiger partial charge < -0.3 is 24.5 Å². The second-order valence-corrected chi connectivity index (χ2v) is 11.2. The van der Waals surface area contributed by atoms with Gasteiger partial charge in [0.05, 0.1) is 30.3 Å². The molecule has 2 bridgehead atoms. The number of carbonyl (C=O) groups excluding carboxylic acids is 1. The first-order chi connectivity index (χ1) is 17.0. The van der Waals surface area contributed by atoms with Gasteiger partial charge in [-0.05, 0) is 67.2 Å². The van der Waals surface area contributed by atoms with Gasteiger partial charge in [0.25, 0.3) is 5.91 Å². The summed E-state index contributed by atoms with van der Waals surface area (Å²) in [6.07, 6.45) is 3.62. The zero-order valence-electron chi connectivity index (χ0n) is 20.8. The van der Waals surface area contributed by atoms with Crippen LogP contribution < -0.4 is 10.1 Å². The van der Waals surface area contributed by atoms with Crippen LogP contribution in [0.15, 0.2) is 36.5 Å². The average Bonchev–Trinajstić information content (AvgIpc) is 3.20. The lowest BCUT2D eigenvalue weighted by atomic mass is 9.43. The molecular formula is C26H30BClN2O6. The second kappa shape index (κ2) is 9.05. The quantitative estimate of drug-likeness (QED) is 0.426. The number of halogens is 1. The molecule has 3 aliphatic carbocycles. The lowest BCUT2D eigenvalue weighted by Crippen LogP contribution is -2.65. The molecule has 1 amide bonds. The van der Waals surface area contributed by atoms with Crippen LogP contribution in [0.25, 0.3) is 0 Å². The van der Waals surface area contributed by atoms with Crippen LogP contribution in [-0.2, 0) is 15.7 Å². The van der Waals surface area contributed by atoms with Gasteiger partial charge in [-0.3, -0.25) is 4.79 Å². The highest BCUT2D eigenvalue weighted by molar-refractivity contribution is 6.48. The van der Waals surface area contributed by atoms with Crippen molar-refractivity contribution in [1.29, 1.82) is 0 Å². The van der Waals surface area contributed by atoms with Crippen molar-refractivity contribution in [2.45, 2.75) is 57.7 Å². The Labute approximate surface area is 215 Å². The first kappa shape index (κ1) is 25.1. The van der Waals surface area contributed by atoms with Crippen molar-refractivity contribution < 1.29 is 28.7 Å². The van der Waals surface area contributed by atoms with E-state index in [1.54, 1.807) is 24.3 Å². The zero-order valence-corrected chi connectivity index (χ0v) is 21.5. The Kier molecular flexibility index (Phi) is 6.29. The zero-order chi connectivity index (χ0) is 25.8. The minimum atomic E-state index is -1.09. The summed E-state index contributed by atoms with van der Waals surface area (Å²) in [5, 5.41) is 13.0. The third-order valence-electron chi connectivity index (χ3n) is 8.57. The molecule has 2 heterocycles. The van der Waals surface area contributed by atoms with Crippen LogP contribution in [-0.4, -0.2) is 53.8 Å². The van der Waals surface area contributed by atoms with E-state index in [1.807, 2.05) is 0 Å². The molecule has 190 valence electrons. The normalized spacial score (nSPS) is 28.6.